The molecule has 1 aliphatic heterocycles. The van der Waals surface area contributed by atoms with E-state index in [1.165, 1.54) is 32.1 Å². The van der Waals surface area contributed by atoms with Gasteiger partial charge in [-0.1, -0.05) is 33.1 Å². The van der Waals surface area contributed by atoms with E-state index >= 15 is 0 Å². The van der Waals surface area contributed by atoms with E-state index in [2.05, 4.69) is 5.32 Å². The minimum atomic E-state index is -0.335. The topological polar surface area (TPSA) is 49.4 Å². The molecule has 2 aliphatic rings. The van der Waals surface area contributed by atoms with E-state index in [-0.39, 0.29) is 23.8 Å². The lowest BCUT2D eigenvalue weighted by atomic mass is 9.88. The van der Waals surface area contributed by atoms with Gasteiger partial charge in [0.15, 0.2) is 0 Å². The van der Waals surface area contributed by atoms with Gasteiger partial charge in [0.25, 0.3) is 0 Å². The van der Waals surface area contributed by atoms with E-state index in [1.54, 1.807) is 0 Å². The number of nitrogens with one attached hydrogen (secondary N) is 1. The van der Waals surface area contributed by atoms with Gasteiger partial charge in [0.05, 0.1) is 0 Å². The number of carbonyl (C=O) groups is 2. The Bertz CT molecular complexity index is 335. The molecule has 1 atom stereocenters. The van der Waals surface area contributed by atoms with Gasteiger partial charge in [-0.2, -0.15) is 0 Å². The Balaban J connectivity index is 2.01. The van der Waals surface area contributed by atoms with Crippen molar-refractivity contribution in [1.82, 2.24) is 10.2 Å². The Morgan fingerprint density at radius 1 is 1.21 bits per heavy atom. The Hall–Kier alpha value is -1.06. The molecule has 2 fully saturated rings. The van der Waals surface area contributed by atoms with Crippen LogP contribution < -0.4 is 5.32 Å². The molecule has 1 N–H and O–H groups in total. The second-order valence-electron chi connectivity index (χ2n) is 6.33. The second-order valence-corrected chi connectivity index (χ2v) is 6.33. The molecule has 2 amide bonds. The lowest BCUT2D eigenvalue weighted by molar-refractivity contribution is -0.135. The summed E-state index contributed by atoms with van der Waals surface area (Å²) in [6, 6.07) is -0.335. The standard InChI is InChI=1S/C15H26N2O2/c1-11(2)14-15(19)17(9-8-13(18)16-14)10-12-6-4-3-5-7-12/h11-12,14H,3-10H2,1-2H3,(H,16,18). The molecule has 108 valence electrons. The Morgan fingerprint density at radius 3 is 2.53 bits per heavy atom. The van der Waals surface area contributed by atoms with Crippen LogP contribution in [-0.4, -0.2) is 35.8 Å². The number of nitrogens with zero attached hydrogens (tertiary/aromatic N) is 1. The smallest absolute Gasteiger partial charge is 0.245 e. The quantitative estimate of drug-likeness (QED) is 0.848. The zero-order valence-electron chi connectivity index (χ0n) is 12.2. The zero-order chi connectivity index (χ0) is 13.8. The van der Waals surface area contributed by atoms with Gasteiger partial charge in [-0.25, -0.2) is 0 Å². The molecule has 1 aliphatic carbocycles. The molecule has 1 saturated carbocycles. The summed E-state index contributed by atoms with van der Waals surface area (Å²) >= 11 is 0. The molecule has 0 aromatic carbocycles. The Morgan fingerprint density at radius 2 is 1.89 bits per heavy atom. The SMILES string of the molecule is CC(C)C1NC(=O)CCN(CC2CCCCC2)C1=O. The molecule has 1 unspecified atom stereocenters. The maximum atomic E-state index is 12.5. The highest BCUT2D eigenvalue weighted by molar-refractivity contribution is 5.90. The molecular formula is C15H26N2O2. The molecule has 4 heteroatoms. The third kappa shape index (κ3) is 3.71. The number of carbonyl (C=O) groups excluding carboxylic acids is 2. The van der Waals surface area contributed by atoms with Crippen LogP contribution in [0.4, 0.5) is 0 Å². The fourth-order valence-electron chi connectivity index (χ4n) is 3.17. The van der Waals surface area contributed by atoms with Crippen LogP contribution in [0.2, 0.25) is 0 Å². The molecule has 19 heavy (non-hydrogen) atoms. The fourth-order valence-corrected chi connectivity index (χ4v) is 3.17. The van der Waals surface area contributed by atoms with Crippen LogP contribution in [0.15, 0.2) is 0 Å². The first-order chi connectivity index (χ1) is 9.08. The van der Waals surface area contributed by atoms with Crippen LogP contribution in [0, 0.1) is 11.8 Å². The van der Waals surface area contributed by atoms with Gasteiger partial charge in [-0.05, 0) is 24.7 Å². The summed E-state index contributed by atoms with van der Waals surface area (Å²) < 4.78 is 0. The van der Waals surface area contributed by atoms with Crippen LogP contribution in [0.25, 0.3) is 0 Å². The molecule has 2 rings (SSSR count). The van der Waals surface area contributed by atoms with Gasteiger partial charge in [0.1, 0.15) is 6.04 Å². The van der Waals surface area contributed by atoms with Crippen LogP contribution in [0.5, 0.6) is 0 Å². The molecule has 0 aromatic heterocycles. The molecule has 0 aromatic rings. The van der Waals surface area contributed by atoms with Gasteiger partial charge < -0.3 is 10.2 Å². The van der Waals surface area contributed by atoms with Crippen molar-refractivity contribution in [3.63, 3.8) is 0 Å². The maximum absolute atomic E-state index is 12.5. The number of amides is 2. The summed E-state index contributed by atoms with van der Waals surface area (Å²) in [7, 11) is 0. The predicted molar refractivity (Wildman–Crippen MR) is 74.5 cm³/mol. The molecule has 0 bridgehead atoms. The Labute approximate surface area is 115 Å². The lowest BCUT2D eigenvalue weighted by Gasteiger charge is -2.31. The van der Waals surface area contributed by atoms with Crippen molar-refractivity contribution >= 4 is 11.8 Å². The van der Waals surface area contributed by atoms with E-state index in [9.17, 15) is 9.59 Å². The molecule has 1 saturated heterocycles. The highest BCUT2D eigenvalue weighted by Crippen LogP contribution is 2.25. The van der Waals surface area contributed by atoms with Gasteiger partial charge in [0.2, 0.25) is 11.8 Å². The van der Waals surface area contributed by atoms with Crippen LogP contribution >= 0.6 is 0 Å². The van der Waals surface area contributed by atoms with Gasteiger partial charge >= 0.3 is 0 Å². The van der Waals surface area contributed by atoms with Crippen molar-refractivity contribution < 1.29 is 9.59 Å². The largest absolute Gasteiger partial charge is 0.344 e. The highest BCUT2D eigenvalue weighted by Gasteiger charge is 2.32. The molecule has 1 heterocycles. The third-order valence-electron chi connectivity index (χ3n) is 4.37. The third-order valence-corrected chi connectivity index (χ3v) is 4.37. The monoisotopic (exact) mass is 266 g/mol. The van der Waals surface area contributed by atoms with E-state index in [0.29, 0.717) is 18.9 Å². The predicted octanol–water partition coefficient (Wildman–Crippen LogP) is 1.94. The first kappa shape index (κ1) is 14.4. The summed E-state index contributed by atoms with van der Waals surface area (Å²) in [4.78, 5) is 26.1. The first-order valence-electron chi connectivity index (χ1n) is 7.66. The molecule has 4 nitrogen and oxygen atoms in total. The lowest BCUT2D eigenvalue weighted by Crippen LogP contribution is -2.48. The van der Waals surface area contributed by atoms with E-state index in [0.717, 1.165) is 6.54 Å². The number of hydrogen-bond acceptors (Lipinski definition) is 2. The molecular weight excluding hydrogens is 240 g/mol. The summed E-state index contributed by atoms with van der Waals surface area (Å²) in [5, 5.41) is 2.87. The molecule has 0 spiro atoms. The van der Waals surface area contributed by atoms with Crippen molar-refractivity contribution in [3.8, 4) is 0 Å². The van der Waals surface area contributed by atoms with Gasteiger partial charge in [-0.3, -0.25) is 9.59 Å². The van der Waals surface area contributed by atoms with Crippen molar-refractivity contribution in [1.29, 1.82) is 0 Å². The highest BCUT2D eigenvalue weighted by atomic mass is 16.2. The maximum Gasteiger partial charge on any atom is 0.245 e. The normalized spacial score (nSPS) is 26.5. The zero-order valence-corrected chi connectivity index (χ0v) is 12.2. The summed E-state index contributed by atoms with van der Waals surface area (Å²) in [6.45, 7) is 5.42. The average molecular weight is 266 g/mol. The van der Waals surface area contributed by atoms with Crippen LogP contribution in [-0.2, 0) is 9.59 Å². The Kier molecular flexibility index (Phi) is 4.83. The first-order valence-corrected chi connectivity index (χ1v) is 7.66. The van der Waals surface area contributed by atoms with Crippen molar-refractivity contribution in [2.75, 3.05) is 13.1 Å². The van der Waals surface area contributed by atoms with Crippen molar-refractivity contribution in [2.45, 2.75) is 58.4 Å². The van der Waals surface area contributed by atoms with Gasteiger partial charge in [0, 0.05) is 19.5 Å². The minimum Gasteiger partial charge on any atom is -0.344 e. The van der Waals surface area contributed by atoms with Gasteiger partial charge in [-0.15, -0.1) is 0 Å². The fraction of sp³-hybridized carbons (Fsp3) is 0.867. The van der Waals surface area contributed by atoms with Crippen molar-refractivity contribution in [3.05, 3.63) is 0 Å². The second kappa shape index (κ2) is 6.40. The average Bonchev–Trinajstić information content (AvgIpc) is 2.53. The summed E-state index contributed by atoms with van der Waals surface area (Å²) in [5.41, 5.74) is 0. The van der Waals surface area contributed by atoms with E-state index < -0.39 is 0 Å². The van der Waals surface area contributed by atoms with Crippen LogP contribution in [0.3, 0.4) is 0 Å². The molecule has 0 radical (unpaired) electrons. The van der Waals surface area contributed by atoms with E-state index in [1.807, 2.05) is 18.7 Å². The summed E-state index contributed by atoms with van der Waals surface area (Å²) in [6.07, 6.45) is 6.82. The van der Waals surface area contributed by atoms with Crippen LogP contribution in [0.1, 0.15) is 52.4 Å². The van der Waals surface area contributed by atoms with E-state index in [4.69, 9.17) is 0 Å². The number of rotatable bonds is 3. The van der Waals surface area contributed by atoms with Crippen molar-refractivity contribution in [2.24, 2.45) is 11.8 Å². The number of hydrogen-bond donors (Lipinski definition) is 1. The summed E-state index contributed by atoms with van der Waals surface area (Å²) in [5.74, 6) is 0.923. The minimum absolute atomic E-state index is 0.0122.